The SMILES string of the molecule is C#C.CCC.CCCN(Cc1nc2c([nH]1)CCc1cc3c(cc1-2)OCc1cc(-c2cnc(CN(CCC)C(=O)[C@H](NC(=O)C4CC4)c4ccccc4)[nH]2)ccc1-3)C(=O)CNC.COC=O. The number of carbonyl (C=O) groups is 4. The standard InChI is InChI=1S/C44H50N8O4.C3H8.C2H4O2.C2H2/c1-4-17-51(40(53)23-45-3)25-39-47-35-16-14-29-20-34-32-15-13-30(19-31(32)26-56-37(34)21-33(29)42(35)49-39)36-22-46-38(48-36)24-52(18-5-2)44(55)41(27-9-7-6-8-10-27)50-43(54)28-11-12-28;1-3-2;1-4-2-3;1-2/h6-10,13,15,19-22,28,41,45H,4-5,11-12,14,16-18,23-26H2,1-3H3,(H,46,48)(H,47,49)(H,50,54);3H2,1-2H3;2H,1H3;1-2H/t41-;;;/m1.../s1. The second kappa shape index (κ2) is 24.4. The molecule has 1 saturated carbocycles. The van der Waals surface area contributed by atoms with E-state index in [0.29, 0.717) is 51.6 Å². The van der Waals surface area contributed by atoms with Crippen LogP contribution in [0, 0.1) is 18.8 Å². The minimum absolute atomic E-state index is 0.00366. The predicted octanol–water partition coefficient (Wildman–Crippen LogP) is 7.54. The van der Waals surface area contributed by atoms with E-state index in [2.05, 4.69) is 94.3 Å². The van der Waals surface area contributed by atoms with Gasteiger partial charge in [0.25, 0.3) is 6.47 Å². The van der Waals surface area contributed by atoms with E-state index in [4.69, 9.17) is 14.5 Å². The van der Waals surface area contributed by atoms with Crippen molar-refractivity contribution in [1.82, 2.24) is 40.4 Å². The summed E-state index contributed by atoms with van der Waals surface area (Å²) in [6.45, 7) is 11.5. The number of fused-ring (bicyclic) bond motifs is 6. The molecule has 1 aliphatic heterocycles. The Bertz CT molecular complexity index is 2380. The number of hydrogen-bond acceptors (Lipinski definition) is 9. The second-order valence-electron chi connectivity index (χ2n) is 16.2. The van der Waals surface area contributed by atoms with Crippen molar-refractivity contribution < 1.29 is 28.7 Å². The van der Waals surface area contributed by atoms with Gasteiger partial charge in [0, 0.05) is 35.8 Å². The fourth-order valence-corrected chi connectivity index (χ4v) is 7.92. The molecule has 4 N–H and O–H groups in total. The Morgan fingerprint density at radius 3 is 2.25 bits per heavy atom. The van der Waals surface area contributed by atoms with Crippen LogP contribution in [0.15, 0.2) is 66.9 Å². The van der Waals surface area contributed by atoms with E-state index in [0.717, 1.165) is 101 Å². The Morgan fingerprint density at radius 1 is 0.892 bits per heavy atom. The Kier molecular flexibility index (Phi) is 18.5. The Hall–Kier alpha value is -6.72. The molecule has 1 atom stereocenters. The normalized spacial score (nSPS) is 13.0. The van der Waals surface area contributed by atoms with E-state index in [1.165, 1.54) is 19.1 Å². The van der Waals surface area contributed by atoms with Gasteiger partial charge < -0.3 is 39.9 Å². The van der Waals surface area contributed by atoms with Crippen LogP contribution in [0.4, 0.5) is 0 Å². The lowest BCUT2D eigenvalue weighted by molar-refractivity contribution is -0.137. The van der Waals surface area contributed by atoms with E-state index in [1.807, 2.05) is 48.4 Å². The summed E-state index contributed by atoms with van der Waals surface area (Å²) in [5.74, 6) is 2.18. The van der Waals surface area contributed by atoms with Crippen LogP contribution in [0.3, 0.4) is 0 Å². The number of ether oxygens (including phenoxy) is 2. The molecule has 3 heterocycles. The number of carbonyl (C=O) groups excluding carboxylic acids is 4. The van der Waals surface area contributed by atoms with Crippen LogP contribution in [0.25, 0.3) is 33.6 Å². The van der Waals surface area contributed by atoms with E-state index in [9.17, 15) is 14.4 Å². The average molecular weight is 885 g/mol. The summed E-state index contributed by atoms with van der Waals surface area (Å²) in [5, 5.41) is 6.00. The molecular weight excluding hydrogens is 821 g/mol. The van der Waals surface area contributed by atoms with Gasteiger partial charge in [-0.3, -0.25) is 19.2 Å². The predicted molar refractivity (Wildman–Crippen MR) is 253 cm³/mol. The highest BCUT2D eigenvalue weighted by molar-refractivity contribution is 5.90. The molecule has 8 rings (SSSR count). The van der Waals surface area contributed by atoms with Gasteiger partial charge in [0.05, 0.1) is 44.3 Å². The van der Waals surface area contributed by atoms with Gasteiger partial charge >= 0.3 is 0 Å². The first kappa shape index (κ1) is 49.3. The van der Waals surface area contributed by atoms with Crippen LogP contribution in [0.5, 0.6) is 5.75 Å². The molecule has 3 amide bonds. The third-order valence-electron chi connectivity index (χ3n) is 11.0. The molecule has 5 aromatic rings. The highest BCUT2D eigenvalue weighted by Crippen LogP contribution is 2.44. The molecule has 2 aliphatic carbocycles. The highest BCUT2D eigenvalue weighted by Gasteiger charge is 2.35. The van der Waals surface area contributed by atoms with Crippen molar-refractivity contribution in [2.45, 2.75) is 98.4 Å². The summed E-state index contributed by atoms with van der Waals surface area (Å²) in [7, 11) is 3.10. The molecule has 14 nitrogen and oxygen atoms in total. The maximum absolute atomic E-state index is 14.0. The summed E-state index contributed by atoms with van der Waals surface area (Å²) in [5.41, 5.74) is 10.3. The van der Waals surface area contributed by atoms with Gasteiger partial charge in [-0.15, -0.1) is 12.8 Å². The fourth-order valence-electron chi connectivity index (χ4n) is 7.92. The van der Waals surface area contributed by atoms with Crippen molar-refractivity contribution in [2.24, 2.45) is 5.92 Å². The number of terminal acetylenes is 1. The molecule has 2 aromatic heterocycles. The van der Waals surface area contributed by atoms with Crippen molar-refractivity contribution in [3.8, 4) is 52.2 Å². The van der Waals surface area contributed by atoms with Gasteiger partial charge in [-0.1, -0.05) is 76.6 Å². The van der Waals surface area contributed by atoms with Gasteiger partial charge in [-0.05, 0) is 91.6 Å². The molecule has 0 spiro atoms. The maximum atomic E-state index is 14.0. The fraction of sp³-hybridized carbons (Fsp3) is 0.412. The molecule has 0 radical (unpaired) electrons. The first-order chi connectivity index (χ1) is 31.7. The van der Waals surface area contributed by atoms with Crippen molar-refractivity contribution in [1.29, 1.82) is 0 Å². The molecule has 3 aliphatic rings. The number of amides is 3. The topological polar surface area (TPSA) is 175 Å². The van der Waals surface area contributed by atoms with Crippen LogP contribution in [0.1, 0.15) is 99.9 Å². The van der Waals surface area contributed by atoms with Crippen molar-refractivity contribution >= 4 is 24.2 Å². The van der Waals surface area contributed by atoms with Crippen molar-refractivity contribution in [2.75, 3.05) is 33.8 Å². The zero-order chi connectivity index (χ0) is 46.9. The summed E-state index contributed by atoms with van der Waals surface area (Å²) >= 11 is 0. The molecule has 344 valence electrons. The van der Waals surface area contributed by atoms with Crippen LogP contribution < -0.4 is 15.4 Å². The Labute approximate surface area is 383 Å². The molecule has 0 bridgehead atoms. The smallest absolute Gasteiger partial charge is 0.292 e. The largest absolute Gasteiger partial charge is 0.488 e. The molecular formula is C51H64N8O6. The number of benzene rings is 3. The van der Waals surface area contributed by atoms with E-state index >= 15 is 0 Å². The number of likely N-dealkylation sites (N-methyl/N-ethyl adjacent to an activating group) is 1. The molecule has 1 fully saturated rings. The number of aromatic nitrogens is 4. The molecule has 14 heteroatoms. The van der Waals surface area contributed by atoms with Crippen molar-refractivity contribution in [3.05, 3.63) is 101 Å². The van der Waals surface area contributed by atoms with E-state index in [1.54, 1.807) is 11.9 Å². The Balaban J connectivity index is 0.000000816. The second-order valence-corrected chi connectivity index (χ2v) is 16.2. The quantitative estimate of drug-likeness (QED) is 0.0577. The Morgan fingerprint density at radius 2 is 1.58 bits per heavy atom. The van der Waals surface area contributed by atoms with Gasteiger partial charge in [-0.25, -0.2) is 9.97 Å². The van der Waals surface area contributed by atoms with Crippen LogP contribution in [-0.2, 0) is 56.5 Å². The molecule has 3 aromatic carbocycles. The number of H-pyrrole nitrogens is 2. The first-order valence-corrected chi connectivity index (χ1v) is 22.6. The average Bonchev–Trinajstić information content (AvgIpc) is 3.94. The van der Waals surface area contributed by atoms with Gasteiger partial charge in [-0.2, -0.15) is 0 Å². The number of aryl methyl sites for hydroxylation is 2. The molecule has 0 saturated heterocycles. The molecule has 0 unspecified atom stereocenters. The number of hydrogen-bond donors (Lipinski definition) is 4. The molecule has 65 heavy (non-hydrogen) atoms. The van der Waals surface area contributed by atoms with Crippen LogP contribution >= 0.6 is 0 Å². The lowest BCUT2D eigenvalue weighted by Crippen LogP contribution is -2.43. The lowest BCUT2D eigenvalue weighted by Gasteiger charge is -2.27. The summed E-state index contributed by atoms with van der Waals surface area (Å²) in [6, 6.07) is 19.5. The zero-order valence-electron chi connectivity index (χ0n) is 38.7. The minimum Gasteiger partial charge on any atom is -0.488 e. The zero-order valence-corrected chi connectivity index (χ0v) is 38.7. The number of nitrogens with one attached hydrogen (secondary N) is 4. The number of methoxy groups -OCH3 is 1. The van der Waals surface area contributed by atoms with Gasteiger partial charge in [0.2, 0.25) is 17.7 Å². The number of aromatic amines is 2. The number of nitrogens with zero attached hydrogens (tertiary/aromatic N) is 4. The van der Waals surface area contributed by atoms with Crippen LogP contribution in [0.2, 0.25) is 0 Å². The first-order valence-electron chi connectivity index (χ1n) is 22.6. The summed E-state index contributed by atoms with van der Waals surface area (Å²) in [6.07, 6.45) is 16.2. The van der Waals surface area contributed by atoms with Crippen LogP contribution in [-0.4, -0.2) is 87.7 Å². The maximum Gasteiger partial charge on any atom is 0.292 e. The summed E-state index contributed by atoms with van der Waals surface area (Å²) < 4.78 is 10.3. The summed E-state index contributed by atoms with van der Waals surface area (Å²) in [4.78, 5) is 68.8. The third kappa shape index (κ3) is 12.5. The van der Waals surface area contributed by atoms with Gasteiger partial charge in [0.1, 0.15) is 30.0 Å². The van der Waals surface area contributed by atoms with E-state index in [-0.39, 0.29) is 23.6 Å². The van der Waals surface area contributed by atoms with E-state index < -0.39 is 6.04 Å². The van der Waals surface area contributed by atoms with Gasteiger partial charge in [0.15, 0.2) is 0 Å². The number of imidazole rings is 2. The highest BCUT2D eigenvalue weighted by atomic mass is 16.5. The third-order valence-corrected chi connectivity index (χ3v) is 11.0. The number of rotatable bonds is 16. The lowest BCUT2D eigenvalue weighted by atomic mass is 9.86. The minimum atomic E-state index is -0.750. The van der Waals surface area contributed by atoms with Crippen molar-refractivity contribution in [3.63, 3.8) is 0 Å². The monoisotopic (exact) mass is 884 g/mol.